The van der Waals surface area contributed by atoms with Crippen molar-refractivity contribution in [2.45, 2.75) is 20.0 Å². The van der Waals surface area contributed by atoms with E-state index in [1.807, 2.05) is 32.1 Å². The number of rotatable bonds is 7. The van der Waals surface area contributed by atoms with E-state index in [1.165, 1.54) is 18.2 Å². The van der Waals surface area contributed by atoms with Gasteiger partial charge in [0.15, 0.2) is 11.6 Å². The normalized spacial score (nSPS) is 19.4. The molecule has 0 spiro atoms. The molecule has 0 unspecified atom stereocenters. The second kappa shape index (κ2) is 10.1. The molecule has 4 rings (SSSR count). The first-order chi connectivity index (χ1) is 16.7. The zero-order chi connectivity index (χ0) is 25.2. The van der Waals surface area contributed by atoms with Gasteiger partial charge >= 0.3 is 5.97 Å². The highest BCUT2D eigenvalue weighted by Crippen LogP contribution is 2.60. The summed E-state index contributed by atoms with van der Waals surface area (Å²) in [7, 11) is 0. The van der Waals surface area contributed by atoms with E-state index in [9.17, 15) is 14.4 Å². The van der Waals surface area contributed by atoms with E-state index in [0.29, 0.717) is 21.4 Å². The fourth-order valence-electron chi connectivity index (χ4n) is 4.04. The number of para-hydroxylation sites is 1. The van der Waals surface area contributed by atoms with Gasteiger partial charge in [-0.15, -0.1) is 0 Å². The van der Waals surface area contributed by atoms with Gasteiger partial charge in [0.05, 0.1) is 5.92 Å². The van der Waals surface area contributed by atoms with Gasteiger partial charge in [0.1, 0.15) is 11.8 Å². The van der Waals surface area contributed by atoms with Gasteiger partial charge < -0.3 is 9.47 Å². The highest BCUT2D eigenvalue weighted by molar-refractivity contribution is 6.48. The minimum Gasteiger partial charge on any atom is -0.454 e. The van der Waals surface area contributed by atoms with Gasteiger partial charge in [0.25, 0.3) is 0 Å². The van der Waals surface area contributed by atoms with Gasteiger partial charge in [-0.1, -0.05) is 79.5 Å². The Morgan fingerprint density at radius 3 is 2.46 bits per heavy atom. The Morgan fingerprint density at radius 2 is 1.80 bits per heavy atom. The largest absolute Gasteiger partial charge is 0.454 e. The van der Waals surface area contributed by atoms with Crippen LogP contribution in [0.3, 0.4) is 0 Å². The van der Waals surface area contributed by atoms with E-state index in [4.69, 9.17) is 32.7 Å². The number of carbonyl (C=O) groups is 1. The second-order valence-electron chi connectivity index (χ2n) is 8.90. The van der Waals surface area contributed by atoms with Gasteiger partial charge in [-0.25, -0.2) is 4.39 Å². The van der Waals surface area contributed by atoms with Crippen molar-refractivity contribution >= 4 is 34.2 Å². The molecule has 3 aromatic rings. The number of ether oxygens (including phenoxy) is 2. The molecule has 1 fully saturated rings. The Hall–Kier alpha value is -3.33. The standard InChI is InChI=1S/C28H22Cl2FNO3/c1-28(2)21(15-22(30)17-8-11-19(29)12-9-17)26(28)27(33)35-25(16-32)18-10-13-23(31)24(14-18)34-20-6-4-3-5-7-20/h3-15,21,25-26H,1-2H3/b22-15-/t21-,25+,26+/m0/s1. The van der Waals surface area contributed by atoms with Crippen molar-refractivity contribution in [2.24, 2.45) is 17.3 Å². The van der Waals surface area contributed by atoms with Crippen LogP contribution in [0.15, 0.2) is 78.9 Å². The maximum absolute atomic E-state index is 14.3. The van der Waals surface area contributed by atoms with Gasteiger partial charge in [0, 0.05) is 15.6 Å². The molecule has 35 heavy (non-hydrogen) atoms. The lowest BCUT2D eigenvalue weighted by molar-refractivity contribution is -0.149. The van der Waals surface area contributed by atoms with Gasteiger partial charge in [0.2, 0.25) is 6.10 Å². The predicted molar refractivity (Wildman–Crippen MR) is 133 cm³/mol. The van der Waals surface area contributed by atoms with E-state index in [-0.39, 0.29) is 11.7 Å². The molecule has 0 bridgehead atoms. The summed E-state index contributed by atoms with van der Waals surface area (Å²) < 4.78 is 25.5. The molecule has 1 saturated carbocycles. The molecule has 0 amide bonds. The van der Waals surface area contributed by atoms with Crippen LogP contribution in [0.2, 0.25) is 5.02 Å². The first-order valence-electron chi connectivity index (χ1n) is 11.0. The molecule has 0 radical (unpaired) electrons. The van der Waals surface area contributed by atoms with E-state index in [1.54, 1.807) is 48.5 Å². The molecule has 4 nitrogen and oxygen atoms in total. The minimum absolute atomic E-state index is 0.0627. The maximum Gasteiger partial charge on any atom is 0.311 e. The number of benzene rings is 3. The summed E-state index contributed by atoms with van der Waals surface area (Å²) in [5, 5.41) is 10.8. The SMILES string of the molecule is CC1(C)[C@@H](/C=C(\Cl)c2ccc(Cl)cc2)[C@@H]1C(=O)O[C@H](C#N)c1ccc(F)c(Oc2ccccc2)c1. The summed E-state index contributed by atoms with van der Waals surface area (Å²) in [6.07, 6.45) is 0.621. The van der Waals surface area contributed by atoms with Crippen LogP contribution in [0.25, 0.3) is 5.03 Å². The number of nitriles is 1. The molecule has 0 saturated heterocycles. The van der Waals surface area contributed by atoms with E-state index in [2.05, 4.69) is 0 Å². The first-order valence-corrected chi connectivity index (χ1v) is 11.7. The van der Waals surface area contributed by atoms with Crippen LogP contribution in [-0.4, -0.2) is 5.97 Å². The average molecular weight is 510 g/mol. The highest BCUT2D eigenvalue weighted by Gasteiger charge is 2.62. The molecular formula is C28H22Cl2FNO3. The number of hydrogen-bond donors (Lipinski definition) is 0. The summed E-state index contributed by atoms with van der Waals surface area (Å²) in [5.74, 6) is -1.36. The molecule has 1 aliphatic carbocycles. The third-order valence-electron chi connectivity index (χ3n) is 6.19. The predicted octanol–water partition coefficient (Wildman–Crippen LogP) is 7.93. The van der Waals surface area contributed by atoms with E-state index >= 15 is 0 Å². The number of allylic oxidation sites excluding steroid dienone is 1. The van der Waals surface area contributed by atoms with Crippen molar-refractivity contribution in [1.29, 1.82) is 5.26 Å². The van der Waals surface area contributed by atoms with Crippen molar-refractivity contribution in [2.75, 3.05) is 0 Å². The molecule has 0 heterocycles. The Labute approximate surface area is 213 Å². The molecule has 7 heteroatoms. The van der Waals surface area contributed by atoms with Crippen molar-refractivity contribution < 1.29 is 18.7 Å². The summed E-state index contributed by atoms with van der Waals surface area (Å²) in [4.78, 5) is 13.0. The van der Waals surface area contributed by atoms with Crippen molar-refractivity contribution in [1.82, 2.24) is 0 Å². The number of halogens is 3. The first kappa shape index (κ1) is 24.8. The smallest absolute Gasteiger partial charge is 0.311 e. The van der Waals surface area contributed by atoms with Gasteiger partial charge in [-0.05, 0) is 53.3 Å². The molecule has 0 aliphatic heterocycles. The topological polar surface area (TPSA) is 59.3 Å². The second-order valence-corrected chi connectivity index (χ2v) is 9.74. The lowest BCUT2D eigenvalue weighted by atomic mass is 10.1. The van der Waals surface area contributed by atoms with Crippen molar-refractivity contribution in [3.8, 4) is 17.6 Å². The van der Waals surface area contributed by atoms with Crippen LogP contribution in [0, 0.1) is 34.4 Å². The monoisotopic (exact) mass is 509 g/mol. The van der Waals surface area contributed by atoms with E-state index < -0.39 is 29.2 Å². The zero-order valence-electron chi connectivity index (χ0n) is 19.0. The van der Waals surface area contributed by atoms with Gasteiger partial charge in [-0.2, -0.15) is 5.26 Å². The molecule has 0 N–H and O–H groups in total. The van der Waals surface area contributed by atoms with Crippen LogP contribution in [0.5, 0.6) is 11.5 Å². The zero-order valence-corrected chi connectivity index (χ0v) is 20.6. The Balaban J connectivity index is 1.49. The molecular weight excluding hydrogens is 488 g/mol. The van der Waals surface area contributed by atoms with E-state index in [0.717, 1.165) is 5.56 Å². The molecule has 3 aromatic carbocycles. The van der Waals surface area contributed by atoms with Crippen molar-refractivity contribution in [3.05, 3.63) is 101 Å². The third kappa shape index (κ3) is 5.51. The average Bonchev–Trinajstić information content (AvgIpc) is 3.39. The Kier molecular flexibility index (Phi) is 7.16. The molecule has 178 valence electrons. The fourth-order valence-corrected chi connectivity index (χ4v) is 4.42. The Morgan fingerprint density at radius 1 is 1.11 bits per heavy atom. The van der Waals surface area contributed by atoms with Crippen LogP contribution >= 0.6 is 23.2 Å². The van der Waals surface area contributed by atoms with Crippen LogP contribution in [-0.2, 0) is 9.53 Å². The number of esters is 1. The van der Waals surface area contributed by atoms with Gasteiger partial charge in [-0.3, -0.25) is 4.79 Å². The Bertz CT molecular complexity index is 1300. The number of nitrogens with zero attached hydrogens (tertiary/aromatic N) is 1. The lowest BCUT2D eigenvalue weighted by Crippen LogP contribution is -2.14. The quantitative estimate of drug-likeness (QED) is 0.303. The van der Waals surface area contributed by atoms with Crippen LogP contribution < -0.4 is 4.74 Å². The maximum atomic E-state index is 14.3. The third-order valence-corrected chi connectivity index (χ3v) is 6.79. The van der Waals surface area contributed by atoms with Crippen LogP contribution in [0.4, 0.5) is 4.39 Å². The summed E-state index contributed by atoms with van der Waals surface area (Å²) in [6, 6.07) is 21.7. The molecule has 0 aromatic heterocycles. The summed E-state index contributed by atoms with van der Waals surface area (Å²) >= 11 is 12.4. The molecule has 1 aliphatic rings. The molecule has 3 atom stereocenters. The number of hydrogen-bond acceptors (Lipinski definition) is 4. The summed E-state index contributed by atoms with van der Waals surface area (Å²) in [5.41, 5.74) is 0.713. The lowest BCUT2D eigenvalue weighted by Gasteiger charge is -2.14. The van der Waals surface area contributed by atoms with Crippen molar-refractivity contribution in [3.63, 3.8) is 0 Å². The minimum atomic E-state index is -1.21. The van der Waals surface area contributed by atoms with Crippen LogP contribution in [0.1, 0.15) is 31.1 Å². The highest BCUT2D eigenvalue weighted by atomic mass is 35.5. The fraction of sp³-hybridized carbons (Fsp3) is 0.214. The summed E-state index contributed by atoms with van der Waals surface area (Å²) in [6.45, 7) is 3.88. The number of carbonyl (C=O) groups excluding carboxylic acids is 1.